The highest BCUT2D eigenvalue weighted by Crippen LogP contribution is 2.25. The van der Waals surface area contributed by atoms with Gasteiger partial charge in [-0.05, 0) is 63.1 Å². The lowest BCUT2D eigenvalue weighted by Crippen LogP contribution is -2.52. The van der Waals surface area contributed by atoms with E-state index in [-0.39, 0.29) is 11.8 Å². The normalized spacial score (nSPS) is 18.9. The number of hydrogen-bond donors (Lipinski definition) is 0. The Balaban J connectivity index is 1.20. The molecule has 2 aliphatic heterocycles. The van der Waals surface area contributed by atoms with Gasteiger partial charge in [0.1, 0.15) is 0 Å². The maximum Gasteiger partial charge on any atom is 0.227 e. The summed E-state index contributed by atoms with van der Waals surface area (Å²) in [7, 11) is 0. The molecule has 2 aromatic heterocycles. The van der Waals surface area contributed by atoms with Crippen LogP contribution in [0, 0.1) is 19.8 Å². The third kappa shape index (κ3) is 4.73. The smallest absolute Gasteiger partial charge is 0.227 e. The predicted molar refractivity (Wildman–Crippen MR) is 134 cm³/mol. The summed E-state index contributed by atoms with van der Waals surface area (Å²) in [5, 5.41) is 14.1. The summed E-state index contributed by atoms with van der Waals surface area (Å²) < 4.78 is 1.80. The number of halogens is 1. The van der Waals surface area contributed by atoms with E-state index in [1.54, 1.807) is 4.68 Å². The van der Waals surface area contributed by atoms with Crippen LogP contribution in [0.25, 0.3) is 5.82 Å². The van der Waals surface area contributed by atoms with Gasteiger partial charge in [-0.25, -0.2) is 4.68 Å². The molecule has 1 atom stereocenters. The number of aryl methyl sites for hydroxylation is 2. The Kier molecular flexibility index (Phi) is 6.41. The fourth-order valence-electron chi connectivity index (χ4n) is 4.96. The number of piperazine rings is 1. The maximum absolute atomic E-state index is 13.3. The van der Waals surface area contributed by atoms with E-state index in [1.807, 2.05) is 55.1 Å². The number of amides is 1. The Labute approximate surface area is 205 Å². The highest BCUT2D eigenvalue weighted by molar-refractivity contribution is 6.30. The molecular formula is C25H30ClN7O. The van der Waals surface area contributed by atoms with Gasteiger partial charge in [0.25, 0.3) is 0 Å². The van der Waals surface area contributed by atoms with Crippen molar-refractivity contribution >= 4 is 29.0 Å². The van der Waals surface area contributed by atoms with Crippen molar-refractivity contribution in [1.82, 2.24) is 24.9 Å². The third-order valence-corrected chi connectivity index (χ3v) is 6.96. The van der Waals surface area contributed by atoms with E-state index < -0.39 is 0 Å². The molecule has 178 valence electrons. The van der Waals surface area contributed by atoms with Gasteiger partial charge < -0.3 is 14.7 Å². The minimum absolute atomic E-state index is 0.0102. The first-order chi connectivity index (χ1) is 16.5. The highest BCUT2D eigenvalue weighted by atomic mass is 35.5. The number of anilines is 2. The van der Waals surface area contributed by atoms with Crippen molar-refractivity contribution in [2.75, 3.05) is 49.1 Å². The average Bonchev–Trinajstić information content (AvgIpc) is 3.21. The van der Waals surface area contributed by atoms with Crippen LogP contribution in [-0.4, -0.2) is 70.1 Å². The van der Waals surface area contributed by atoms with E-state index in [0.29, 0.717) is 12.4 Å². The summed E-state index contributed by atoms with van der Waals surface area (Å²) in [6, 6.07) is 13.9. The largest absolute Gasteiger partial charge is 0.368 e. The number of aromatic nitrogens is 4. The summed E-state index contributed by atoms with van der Waals surface area (Å²) in [4.78, 5) is 19.8. The van der Waals surface area contributed by atoms with Crippen LogP contribution in [0.5, 0.6) is 0 Å². The molecule has 34 heavy (non-hydrogen) atoms. The summed E-state index contributed by atoms with van der Waals surface area (Å²) >= 11 is 6.15. The molecule has 1 amide bonds. The van der Waals surface area contributed by atoms with Crippen molar-refractivity contribution in [3.05, 3.63) is 58.9 Å². The maximum atomic E-state index is 13.3. The van der Waals surface area contributed by atoms with Gasteiger partial charge in [-0.15, -0.1) is 10.2 Å². The fraction of sp³-hybridized carbons (Fsp3) is 0.440. The molecule has 0 aliphatic carbocycles. The van der Waals surface area contributed by atoms with Crippen LogP contribution in [0.2, 0.25) is 5.02 Å². The molecule has 2 fully saturated rings. The molecule has 0 N–H and O–H groups in total. The van der Waals surface area contributed by atoms with Crippen LogP contribution in [-0.2, 0) is 4.79 Å². The number of carbonyl (C=O) groups excluding carboxylic acids is 1. The van der Waals surface area contributed by atoms with Crippen molar-refractivity contribution in [2.45, 2.75) is 26.7 Å². The zero-order valence-electron chi connectivity index (χ0n) is 19.7. The average molecular weight is 480 g/mol. The third-order valence-electron chi connectivity index (χ3n) is 6.72. The first kappa shape index (κ1) is 22.7. The monoisotopic (exact) mass is 479 g/mol. The van der Waals surface area contributed by atoms with Gasteiger partial charge in [-0.3, -0.25) is 4.79 Å². The summed E-state index contributed by atoms with van der Waals surface area (Å²) in [5.41, 5.74) is 3.10. The van der Waals surface area contributed by atoms with E-state index >= 15 is 0 Å². The molecule has 0 radical (unpaired) electrons. The van der Waals surface area contributed by atoms with Crippen molar-refractivity contribution in [3.63, 3.8) is 0 Å². The second-order valence-electron chi connectivity index (χ2n) is 9.17. The van der Waals surface area contributed by atoms with E-state index in [4.69, 9.17) is 11.6 Å². The Hall–Kier alpha value is -3.13. The van der Waals surface area contributed by atoms with Gasteiger partial charge in [0, 0.05) is 55.7 Å². The van der Waals surface area contributed by atoms with Gasteiger partial charge >= 0.3 is 0 Å². The number of hydrogen-bond acceptors (Lipinski definition) is 6. The molecular weight excluding hydrogens is 450 g/mol. The van der Waals surface area contributed by atoms with Crippen molar-refractivity contribution < 1.29 is 4.79 Å². The number of piperidine rings is 1. The quantitative estimate of drug-likeness (QED) is 0.570. The molecule has 2 saturated heterocycles. The lowest BCUT2D eigenvalue weighted by molar-refractivity contribution is -0.136. The van der Waals surface area contributed by atoms with Gasteiger partial charge in [0.15, 0.2) is 11.6 Å². The molecule has 0 spiro atoms. The fourth-order valence-corrected chi connectivity index (χ4v) is 5.15. The summed E-state index contributed by atoms with van der Waals surface area (Å²) in [6.45, 7) is 8.65. The Morgan fingerprint density at radius 2 is 1.71 bits per heavy atom. The van der Waals surface area contributed by atoms with Crippen LogP contribution in [0.4, 0.5) is 11.5 Å². The highest BCUT2D eigenvalue weighted by Gasteiger charge is 2.31. The topological polar surface area (TPSA) is 70.4 Å². The standard InChI is InChI=1S/C25H30ClN7O/c1-18-15-19(2)33(29-18)24-9-8-23(27-28-24)32-10-4-5-20(17-32)25(34)31-13-11-30(12-14-31)22-7-3-6-21(26)16-22/h3,6-9,15-16,20H,4-5,10-14,17H2,1-2H3. The minimum Gasteiger partial charge on any atom is -0.368 e. The number of rotatable bonds is 4. The second-order valence-corrected chi connectivity index (χ2v) is 9.60. The Morgan fingerprint density at radius 1 is 0.941 bits per heavy atom. The molecule has 8 nitrogen and oxygen atoms in total. The molecule has 5 rings (SSSR count). The first-order valence-corrected chi connectivity index (χ1v) is 12.3. The van der Waals surface area contributed by atoms with E-state index in [9.17, 15) is 4.79 Å². The molecule has 2 aliphatic rings. The number of carbonyl (C=O) groups is 1. The molecule has 3 aromatic rings. The predicted octanol–water partition coefficient (Wildman–Crippen LogP) is 3.50. The summed E-state index contributed by atoms with van der Waals surface area (Å²) in [5.74, 6) is 1.76. The lowest BCUT2D eigenvalue weighted by atomic mass is 9.96. The zero-order valence-corrected chi connectivity index (χ0v) is 20.4. The van der Waals surface area contributed by atoms with Crippen LogP contribution in [0.1, 0.15) is 24.2 Å². The Bertz CT molecular complexity index is 1150. The zero-order chi connectivity index (χ0) is 23.7. The van der Waals surface area contributed by atoms with Crippen LogP contribution >= 0.6 is 11.6 Å². The Morgan fingerprint density at radius 3 is 2.38 bits per heavy atom. The van der Waals surface area contributed by atoms with Crippen LogP contribution in [0.15, 0.2) is 42.5 Å². The van der Waals surface area contributed by atoms with Gasteiger partial charge in [-0.1, -0.05) is 17.7 Å². The lowest BCUT2D eigenvalue weighted by Gasteiger charge is -2.40. The van der Waals surface area contributed by atoms with Crippen LogP contribution < -0.4 is 9.80 Å². The van der Waals surface area contributed by atoms with E-state index in [2.05, 4.69) is 31.2 Å². The molecule has 4 heterocycles. The van der Waals surface area contributed by atoms with Gasteiger partial charge in [0.05, 0.1) is 11.6 Å². The summed E-state index contributed by atoms with van der Waals surface area (Å²) in [6.07, 6.45) is 1.89. The van der Waals surface area contributed by atoms with Crippen molar-refractivity contribution in [3.8, 4) is 5.82 Å². The first-order valence-electron chi connectivity index (χ1n) is 11.9. The second kappa shape index (κ2) is 9.62. The van der Waals surface area contributed by atoms with E-state index in [1.165, 1.54) is 0 Å². The van der Waals surface area contributed by atoms with Gasteiger partial charge in [0.2, 0.25) is 5.91 Å². The molecule has 0 saturated carbocycles. The van der Waals surface area contributed by atoms with Crippen molar-refractivity contribution in [2.24, 2.45) is 5.92 Å². The molecule has 9 heteroatoms. The molecule has 0 bridgehead atoms. The molecule has 1 aromatic carbocycles. The SMILES string of the molecule is Cc1cc(C)n(-c2ccc(N3CCCC(C(=O)N4CCN(c5cccc(Cl)c5)CC4)C3)nn2)n1. The number of benzene rings is 1. The van der Waals surface area contributed by atoms with E-state index in [0.717, 1.165) is 73.5 Å². The van der Waals surface area contributed by atoms with Crippen LogP contribution in [0.3, 0.4) is 0 Å². The minimum atomic E-state index is -0.0102. The van der Waals surface area contributed by atoms with Gasteiger partial charge in [-0.2, -0.15) is 5.10 Å². The van der Waals surface area contributed by atoms with Crippen molar-refractivity contribution in [1.29, 1.82) is 0 Å². The molecule has 1 unspecified atom stereocenters. The number of nitrogens with zero attached hydrogens (tertiary/aromatic N) is 7.